The number of piperazine rings is 1. The molecule has 2 aliphatic heterocycles. The summed E-state index contributed by atoms with van der Waals surface area (Å²) < 4.78 is 0. The van der Waals surface area contributed by atoms with E-state index in [1.807, 2.05) is 0 Å². The number of rotatable bonds is 8. The van der Waals surface area contributed by atoms with Gasteiger partial charge in [-0.3, -0.25) is 4.90 Å². The number of nitrogens with zero attached hydrogens (tertiary/aromatic N) is 3. The Balaban J connectivity index is 1.20. The van der Waals surface area contributed by atoms with Crippen molar-refractivity contribution in [2.75, 3.05) is 49.1 Å². The van der Waals surface area contributed by atoms with Crippen molar-refractivity contribution in [2.24, 2.45) is 0 Å². The Labute approximate surface area is 189 Å². The normalized spacial score (nSPS) is 17.2. The maximum absolute atomic E-state index is 4.28. The van der Waals surface area contributed by atoms with Crippen molar-refractivity contribution in [1.29, 1.82) is 0 Å². The van der Waals surface area contributed by atoms with E-state index in [2.05, 4.69) is 77.6 Å². The lowest BCUT2D eigenvalue weighted by atomic mass is 9.95. The van der Waals surface area contributed by atoms with Crippen LogP contribution < -0.4 is 9.80 Å². The fraction of sp³-hybridized carbons (Fsp3) is 0.500. The number of anilines is 2. The summed E-state index contributed by atoms with van der Waals surface area (Å²) in [6.07, 6.45) is 7.19. The van der Waals surface area contributed by atoms with Crippen LogP contribution in [0, 0.1) is 6.92 Å². The highest BCUT2D eigenvalue weighted by atomic mass is 15.3. The molecule has 2 heterocycles. The van der Waals surface area contributed by atoms with Gasteiger partial charge in [0.2, 0.25) is 0 Å². The fourth-order valence-corrected chi connectivity index (χ4v) is 4.99. The van der Waals surface area contributed by atoms with E-state index in [0.717, 1.165) is 32.5 Å². The molecular formula is C28H39N3. The van der Waals surface area contributed by atoms with Gasteiger partial charge in [-0.25, -0.2) is 0 Å². The van der Waals surface area contributed by atoms with Gasteiger partial charge in [-0.05, 0) is 81.3 Å². The molecule has 2 aliphatic rings. The van der Waals surface area contributed by atoms with Gasteiger partial charge in [-0.1, -0.05) is 43.3 Å². The van der Waals surface area contributed by atoms with E-state index in [1.165, 1.54) is 79.1 Å². The zero-order valence-electron chi connectivity index (χ0n) is 19.6. The SMILES string of the molecule is C=C1CCc2cc(CCCCN3CCN(c4ccc(C)cc4)CC3)ccc2N1CCC. The lowest BCUT2D eigenvalue weighted by Crippen LogP contribution is -2.46. The van der Waals surface area contributed by atoms with Crippen molar-refractivity contribution in [3.05, 3.63) is 71.4 Å². The van der Waals surface area contributed by atoms with Gasteiger partial charge in [0.15, 0.2) is 0 Å². The number of aryl methyl sites for hydroxylation is 3. The van der Waals surface area contributed by atoms with Crippen LogP contribution in [0.1, 0.15) is 49.3 Å². The van der Waals surface area contributed by atoms with Gasteiger partial charge in [0.05, 0.1) is 0 Å². The molecule has 0 radical (unpaired) electrons. The number of fused-ring (bicyclic) bond motifs is 1. The lowest BCUT2D eigenvalue weighted by molar-refractivity contribution is 0.253. The maximum Gasteiger partial charge on any atom is 0.0440 e. The van der Waals surface area contributed by atoms with Gasteiger partial charge in [0.25, 0.3) is 0 Å². The van der Waals surface area contributed by atoms with Crippen LogP contribution in [0.5, 0.6) is 0 Å². The number of hydrogen-bond acceptors (Lipinski definition) is 3. The zero-order valence-corrected chi connectivity index (χ0v) is 19.6. The van der Waals surface area contributed by atoms with Crippen molar-refractivity contribution in [3.63, 3.8) is 0 Å². The van der Waals surface area contributed by atoms with E-state index in [9.17, 15) is 0 Å². The average Bonchev–Trinajstić information content (AvgIpc) is 2.80. The number of hydrogen-bond donors (Lipinski definition) is 0. The minimum absolute atomic E-state index is 1.09. The molecule has 0 amide bonds. The Morgan fingerprint density at radius 2 is 1.65 bits per heavy atom. The summed E-state index contributed by atoms with van der Waals surface area (Å²) >= 11 is 0. The Kier molecular flexibility index (Phi) is 7.34. The van der Waals surface area contributed by atoms with Crippen LogP contribution in [0.15, 0.2) is 54.7 Å². The molecule has 31 heavy (non-hydrogen) atoms. The Hall–Kier alpha value is -2.26. The highest BCUT2D eigenvalue weighted by Gasteiger charge is 2.20. The zero-order chi connectivity index (χ0) is 21.6. The van der Waals surface area contributed by atoms with Crippen LogP contribution in [0.3, 0.4) is 0 Å². The maximum atomic E-state index is 4.28. The smallest absolute Gasteiger partial charge is 0.0440 e. The number of unbranched alkanes of at least 4 members (excludes halogenated alkanes) is 1. The Morgan fingerprint density at radius 3 is 2.39 bits per heavy atom. The van der Waals surface area contributed by atoms with Crippen LogP contribution in [0.4, 0.5) is 11.4 Å². The summed E-state index contributed by atoms with van der Waals surface area (Å²) in [6.45, 7) is 15.7. The third kappa shape index (κ3) is 5.51. The first-order chi connectivity index (χ1) is 15.1. The molecule has 0 bridgehead atoms. The van der Waals surface area contributed by atoms with Crippen LogP contribution in [0.2, 0.25) is 0 Å². The second-order valence-electron chi connectivity index (χ2n) is 9.30. The van der Waals surface area contributed by atoms with Gasteiger partial charge < -0.3 is 9.80 Å². The van der Waals surface area contributed by atoms with E-state index in [4.69, 9.17) is 0 Å². The fourth-order valence-electron chi connectivity index (χ4n) is 4.99. The third-order valence-electron chi connectivity index (χ3n) is 6.91. The number of allylic oxidation sites excluding steroid dienone is 1. The van der Waals surface area contributed by atoms with E-state index in [1.54, 1.807) is 0 Å². The molecule has 166 valence electrons. The Bertz CT molecular complexity index is 862. The van der Waals surface area contributed by atoms with Crippen molar-refractivity contribution in [1.82, 2.24) is 4.90 Å². The summed E-state index contributed by atoms with van der Waals surface area (Å²) in [5.74, 6) is 0. The van der Waals surface area contributed by atoms with Gasteiger partial charge in [-0.2, -0.15) is 0 Å². The number of benzene rings is 2. The average molecular weight is 418 g/mol. The van der Waals surface area contributed by atoms with Crippen LogP contribution in [-0.2, 0) is 12.8 Å². The standard InChI is InChI=1S/C28H39N3/c1-4-16-31-24(3)10-12-26-22-25(11-15-28(26)31)7-5-6-17-29-18-20-30(21-19-29)27-13-8-23(2)9-14-27/h8-9,11,13-15,22H,3-7,10,12,16-21H2,1-2H3. The first-order valence-electron chi connectivity index (χ1n) is 12.2. The predicted molar refractivity (Wildman–Crippen MR) is 134 cm³/mol. The van der Waals surface area contributed by atoms with Crippen LogP contribution in [0.25, 0.3) is 0 Å². The molecule has 0 aromatic heterocycles. The summed E-state index contributed by atoms with van der Waals surface area (Å²) in [5.41, 5.74) is 8.42. The largest absolute Gasteiger partial charge is 0.369 e. The second kappa shape index (κ2) is 10.4. The summed E-state index contributed by atoms with van der Waals surface area (Å²) in [6, 6.07) is 16.1. The molecule has 0 N–H and O–H groups in total. The molecule has 2 aromatic rings. The van der Waals surface area contributed by atoms with E-state index in [0.29, 0.717) is 0 Å². The minimum Gasteiger partial charge on any atom is -0.369 e. The van der Waals surface area contributed by atoms with E-state index >= 15 is 0 Å². The minimum atomic E-state index is 1.09. The quantitative estimate of drug-likeness (QED) is 0.501. The van der Waals surface area contributed by atoms with Crippen molar-refractivity contribution < 1.29 is 0 Å². The lowest BCUT2D eigenvalue weighted by Gasteiger charge is -2.36. The van der Waals surface area contributed by atoms with Crippen LogP contribution in [-0.4, -0.2) is 44.2 Å². The van der Waals surface area contributed by atoms with Gasteiger partial charge in [0, 0.05) is 49.8 Å². The van der Waals surface area contributed by atoms with Gasteiger partial charge in [0.1, 0.15) is 0 Å². The molecular weight excluding hydrogens is 378 g/mol. The van der Waals surface area contributed by atoms with Crippen molar-refractivity contribution >= 4 is 11.4 Å². The molecule has 2 aromatic carbocycles. The predicted octanol–water partition coefficient (Wildman–Crippen LogP) is 5.82. The molecule has 1 fully saturated rings. The first kappa shape index (κ1) is 22.0. The molecule has 0 atom stereocenters. The monoisotopic (exact) mass is 417 g/mol. The topological polar surface area (TPSA) is 9.72 Å². The van der Waals surface area contributed by atoms with Gasteiger partial charge >= 0.3 is 0 Å². The Morgan fingerprint density at radius 1 is 0.871 bits per heavy atom. The summed E-state index contributed by atoms with van der Waals surface area (Å²) in [4.78, 5) is 7.60. The summed E-state index contributed by atoms with van der Waals surface area (Å²) in [5, 5.41) is 0. The van der Waals surface area contributed by atoms with Crippen molar-refractivity contribution in [2.45, 2.75) is 52.4 Å². The molecule has 4 rings (SSSR count). The third-order valence-corrected chi connectivity index (χ3v) is 6.91. The molecule has 0 spiro atoms. The molecule has 0 unspecified atom stereocenters. The molecule has 1 saturated heterocycles. The van der Waals surface area contributed by atoms with E-state index in [-0.39, 0.29) is 0 Å². The molecule has 3 nitrogen and oxygen atoms in total. The highest BCUT2D eigenvalue weighted by molar-refractivity contribution is 5.61. The highest BCUT2D eigenvalue weighted by Crippen LogP contribution is 2.33. The molecule has 0 aliphatic carbocycles. The molecule has 0 saturated carbocycles. The summed E-state index contributed by atoms with van der Waals surface area (Å²) in [7, 11) is 0. The second-order valence-corrected chi connectivity index (χ2v) is 9.30. The van der Waals surface area contributed by atoms with Gasteiger partial charge in [-0.15, -0.1) is 0 Å². The van der Waals surface area contributed by atoms with Crippen LogP contribution >= 0.6 is 0 Å². The van der Waals surface area contributed by atoms with Crippen molar-refractivity contribution in [3.8, 4) is 0 Å². The van der Waals surface area contributed by atoms with E-state index < -0.39 is 0 Å². The molecule has 3 heteroatoms. The first-order valence-corrected chi connectivity index (χ1v) is 12.2.